The van der Waals surface area contributed by atoms with Crippen LogP contribution in [0.3, 0.4) is 0 Å². The summed E-state index contributed by atoms with van der Waals surface area (Å²) in [5.41, 5.74) is 0.365. The van der Waals surface area contributed by atoms with Crippen LogP contribution in [0.4, 0.5) is 0 Å². The molecular weight excluding hydrogens is 286 g/mol. The van der Waals surface area contributed by atoms with Gasteiger partial charge >= 0.3 is 0 Å². The number of nitrogens with zero attached hydrogens (tertiary/aromatic N) is 1. The molecule has 2 amide bonds. The largest absolute Gasteiger partial charge is 0.354 e. The molecule has 1 unspecified atom stereocenters. The maximum atomic E-state index is 11.9. The van der Waals surface area contributed by atoms with Crippen molar-refractivity contribution in [2.75, 3.05) is 6.54 Å². The zero-order chi connectivity index (χ0) is 12.3. The van der Waals surface area contributed by atoms with Gasteiger partial charge in [0.05, 0.1) is 0 Å². The van der Waals surface area contributed by atoms with Crippen LogP contribution in [0.2, 0.25) is 0 Å². The van der Waals surface area contributed by atoms with Gasteiger partial charge in [-0.2, -0.15) is 0 Å². The molecule has 90 valence electrons. The molecule has 17 heavy (non-hydrogen) atoms. The zero-order valence-electron chi connectivity index (χ0n) is 9.07. The minimum Gasteiger partial charge on any atom is -0.354 e. The molecule has 1 saturated heterocycles. The van der Waals surface area contributed by atoms with Crippen molar-refractivity contribution in [3.05, 3.63) is 28.5 Å². The van der Waals surface area contributed by atoms with E-state index in [2.05, 4.69) is 31.5 Å². The number of nitrogens with one attached hydrogen (secondary N) is 2. The average molecular weight is 298 g/mol. The summed E-state index contributed by atoms with van der Waals surface area (Å²) in [4.78, 5) is 26.9. The first-order chi connectivity index (χ1) is 8.16. The van der Waals surface area contributed by atoms with Gasteiger partial charge in [0.15, 0.2) is 0 Å². The molecule has 1 fully saturated rings. The van der Waals surface area contributed by atoms with E-state index in [4.69, 9.17) is 0 Å². The molecule has 2 heterocycles. The van der Waals surface area contributed by atoms with Crippen LogP contribution < -0.4 is 10.6 Å². The van der Waals surface area contributed by atoms with Crippen molar-refractivity contribution in [1.82, 2.24) is 15.6 Å². The smallest absolute Gasteiger partial charge is 0.271 e. The van der Waals surface area contributed by atoms with Crippen molar-refractivity contribution in [2.24, 2.45) is 0 Å². The Balaban J connectivity index is 1.98. The van der Waals surface area contributed by atoms with Crippen LogP contribution in [0.15, 0.2) is 22.8 Å². The van der Waals surface area contributed by atoms with E-state index in [0.29, 0.717) is 29.6 Å². The summed E-state index contributed by atoms with van der Waals surface area (Å²) in [6, 6.07) is 3.50. The first-order valence-electron chi connectivity index (χ1n) is 5.35. The lowest BCUT2D eigenvalue weighted by atomic mass is 10.1. The van der Waals surface area contributed by atoms with Gasteiger partial charge in [-0.05, 0) is 34.5 Å². The Hall–Kier alpha value is -1.43. The Bertz CT molecular complexity index is 440. The van der Waals surface area contributed by atoms with Crippen LogP contribution in [0, 0.1) is 0 Å². The van der Waals surface area contributed by atoms with Gasteiger partial charge in [0, 0.05) is 29.7 Å². The van der Waals surface area contributed by atoms with E-state index in [1.54, 1.807) is 18.3 Å². The normalized spacial score (nSPS) is 19.6. The number of amides is 2. The van der Waals surface area contributed by atoms with Gasteiger partial charge < -0.3 is 10.6 Å². The summed E-state index contributed by atoms with van der Waals surface area (Å²) < 4.78 is 0.664. The molecule has 0 saturated carbocycles. The van der Waals surface area contributed by atoms with Gasteiger partial charge in [-0.25, -0.2) is 4.98 Å². The number of carbonyl (C=O) groups excluding carboxylic acids is 2. The first-order valence-corrected chi connectivity index (χ1v) is 6.14. The van der Waals surface area contributed by atoms with Crippen LogP contribution in [-0.4, -0.2) is 29.4 Å². The summed E-state index contributed by atoms with van der Waals surface area (Å²) in [6.45, 7) is 0.481. The predicted molar refractivity (Wildman–Crippen MR) is 65.4 cm³/mol. The molecule has 1 aromatic rings. The van der Waals surface area contributed by atoms with E-state index >= 15 is 0 Å². The maximum absolute atomic E-state index is 11.9. The molecular formula is C11H12BrN3O2. The highest BCUT2D eigenvalue weighted by molar-refractivity contribution is 9.10. The van der Waals surface area contributed by atoms with Crippen LogP contribution in [0.5, 0.6) is 0 Å². The lowest BCUT2D eigenvalue weighted by Crippen LogP contribution is -2.47. The number of hydrogen-bond donors (Lipinski definition) is 2. The second-order valence-corrected chi connectivity index (χ2v) is 4.70. The van der Waals surface area contributed by atoms with Crippen molar-refractivity contribution < 1.29 is 9.59 Å². The molecule has 6 heteroatoms. The van der Waals surface area contributed by atoms with Crippen molar-refractivity contribution in [3.8, 4) is 0 Å². The third-order valence-electron chi connectivity index (χ3n) is 2.57. The van der Waals surface area contributed by atoms with Gasteiger partial charge in [0.25, 0.3) is 5.91 Å². The second kappa shape index (κ2) is 5.27. The van der Waals surface area contributed by atoms with E-state index in [1.807, 2.05) is 0 Å². The Labute approximate surface area is 107 Å². The lowest BCUT2D eigenvalue weighted by molar-refractivity contribution is -0.122. The topological polar surface area (TPSA) is 71.1 Å². The average Bonchev–Trinajstić information content (AvgIpc) is 2.32. The minimum absolute atomic E-state index is 0.0193. The lowest BCUT2D eigenvalue weighted by Gasteiger charge is -2.23. The number of pyridine rings is 1. The quantitative estimate of drug-likeness (QED) is 0.850. The maximum Gasteiger partial charge on any atom is 0.271 e. The van der Waals surface area contributed by atoms with Gasteiger partial charge in [0.2, 0.25) is 5.91 Å². The molecule has 0 spiro atoms. The third kappa shape index (κ3) is 3.03. The van der Waals surface area contributed by atoms with Gasteiger partial charge in [0.1, 0.15) is 5.69 Å². The van der Waals surface area contributed by atoms with E-state index in [1.165, 1.54) is 0 Å². The predicted octanol–water partition coefficient (Wildman–Crippen LogP) is 0.853. The number of rotatable bonds is 2. The monoisotopic (exact) mass is 297 g/mol. The molecule has 5 nitrogen and oxygen atoms in total. The van der Waals surface area contributed by atoms with E-state index in [0.717, 1.165) is 0 Å². The molecule has 2 rings (SSSR count). The number of aromatic nitrogens is 1. The highest BCUT2D eigenvalue weighted by atomic mass is 79.9. The Morgan fingerprint density at radius 3 is 3.06 bits per heavy atom. The fourth-order valence-electron chi connectivity index (χ4n) is 1.66. The summed E-state index contributed by atoms with van der Waals surface area (Å²) in [7, 11) is 0. The Morgan fingerprint density at radius 2 is 2.41 bits per heavy atom. The van der Waals surface area contributed by atoms with Crippen LogP contribution in [0.25, 0.3) is 0 Å². The minimum atomic E-state index is -0.223. The third-order valence-corrected chi connectivity index (χ3v) is 3.21. The fraction of sp³-hybridized carbons (Fsp3) is 0.364. The number of hydrogen-bond acceptors (Lipinski definition) is 3. The molecule has 1 aliphatic rings. The second-order valence-electron chi connectivity index (χ2n) is 3.85. The summed E-state index contributed by atoms with van der Waals surface area (Å²) >= 11 is 3.28. The van der Waals surface area contributed by atoms with Gasteiger partial charge in [-0.1, -0.05) is 0 Å². The van der Waals surface area contributed by atoms with Crippen molar-refractivity contribution >= 4 is 27.7 Å². The summed E-state index contributed by atoms with van der Waals surface area (Å²) in [5.74, 6) is -0.187. The van der Waals surface area contributed by atoms with E-state index < -0.39 is 0 Å². The van der Waals surface area contributed by atoms with Crippen molar-refractivity contribution in [1.29, 1.82) is 0 Å². The molecule has 1 aromatic heterocycles. The van der Waals surface area contributed by atoms with Crippen molar-refractivity contribution in [3.63, 3.8) is 0 Å². The van der Waals surface area contributed by atoms with Crippen LogP contribution in [-0.2, 0) is 4.79 Å². The Kier molecular flexibility index (Phi) is 3.73. The number of piperidine rings is 1. The van der Waals surface area contributed by atoms with Crippen LogP contribution in [0.1, 0.15) is 23.3 Å². The Morgan fingerprint density at radius 1 is 1.59 bits per heavy atom. The first kappa shape index (κ1) is 12.0. The van der Waals surface area contributed by atoms with Gasteiger partial charge in [-0.3, -0.25) is 9.59 Å². The molecule has 0 aliphatic carbocycles. The highest BCUT2D eigenvalue weighted by Crippen LogP contribution is 2.13. The van der Waals surface area contributed by atoms with Crippen LogP contribution >= 0.6 is 15.9 Å². The molecule has 1 aliphatic heterocycles. The number of carbonyl (C=O) groups is 2. The number of halogens is 1. The highest BCUT2D eigenvalue weighted by Gasteiger charge is 2.21. The molecule has 1 atom stereocenters. The van der Waals surface area contributed by atoms with Gasteiger partial charge in [-0.15, -0.1) is 0 Å². The summed E-state index contributed by atoms with van der Waals surface area (Å²) in [5, 5.41) is 5.57. The van der Waals surface area contributed by atoms with Crippen molar-refractivity contribution in [2.45, 2.75) is 18.9 Å². The standard InChI is InChI=1S/C11H12BrN3O2/c12-8-2-1-5-13-10(8)11(17)15-7-3-4-9(16)14-6-7/h1-2,5,7H,3-4,6H2,(H,14,16)(H,15,17). The van der Waals surface area contributed by atoms with E-state index in [9.17, 15) is 9.59 Å². The fourth-order valence-corrected chi connectivity index (χ4v) is 2.10. The molecule has 2 N–H and O–H groups in total. The zero-order valence-corrected chi connectivity index (χ0v) is 10.7. The SMILES string of the molecule is O=C1CCC(NC(=O)c2ncccc2Br)CN1. The van der Waals surface area contributed by atoms with E-state index in [-0.39, 0.29) is 17.9 Å². The summed E-state index contributed by atoms with van der Waals surface area (Å²) in [6.07, 6.45) is 2.69. The molecule has 0 radical (unpaired) electrons. The molecule has 0 bridgehead atoms. The molecule has 0 aromatic carbocycles.